The quantitative estimate of drug-likeness (QED) is 0.801. The number of carbonyl (C=O) groups excluding carboxylic acids is 1. The van der Waals surface area contributed by atoms with E-state index in [2.05, 4.69) is 21.2 Å². The molecule has 0 atom stereocenters. The zero-order valence-corrected chi connectivity index (χ0v) is 13.9. The van der Waals surface area contributed by atoms with Crippen LogP contribution in [0, 0.1) is 6.92 Å². The van der Waals surface area contributed by atoms with Gasteiger partial charge in [-0.1, -0.05) is 26.1 Å². The van der Waals surface area contributed by atoms with E-state index in [1.165, 1.54) is 11.3 Å². The highest BCUT2D eigenvalue weighted by atomic mass is 79.9. The van der Waals surface area contributed by atoms with Crippen LogP contribution in [0.5, 0.6) is 0 Å². The van der Waals surface area contributed by atoms with Gasteiger partial charge in [0.05, 0.1) is 19.2 Å². The minimum atomic E-state index is -0.587. The van der Waals surface area contributed by atoms with E-state index in [0.29, 0.717) is 22.7 Å². The Kier molecular flexibility index (Phi) is 5.31. The van der Waals surface area contributed by atoms with E-state index in [0.717, 1.165) is 9.35 Å². The van der Waals surface area contributed by atoms with Crippen LogP contribution in [0.15, 0.2) is 9.85 Å². The molecule has 1 heterocycles. The average Bonchev–Trinajstić information content (AvgIpc) is 2.66. The molecular weight excluding hydrogens is 332 g/mol. The molecule has 0 saturated carbocycles. The second-order valence-corrected chi connectivity index (χ2v) is 6.98. The highest BCUT2D eigenvalue weighted by Crippen LogP contribution is 2.28. The highest BCUT2D eigenvalue weighted by molar-refractivity contribution is 9.11. The summed E-state index contributed by atoms with van der Waals surface area (Å²) in [6.45, 7) is 5.90. The lowest BCUT2D eigenvalue weighted by atomic mass is 9.92. The van der Waals surface area contributed by atoms with Crippen molar-refractivity contribution in [1.82, 2.24) is 5.32 Å². The predicted molar refractivity (Wildman–Crippen MR) is 84.3 cm³/mol. The second kappa shape index (κ2) is 6.12. The second-order valence-electron chi connectivity index (χ2n) is 4.17. The lowest BCUT2D eigenvalue weighted by Crippen LogP contribution is -2.55. The molecule has 0 radical (unpaired) electrons. The first-order chi connectivity index (χ1) is 8.36. The van der Waals surface area contributed by atoms with Gasteiger partial charge >= 0.3 is 0 Å². The lowest BCUT2D eigenvalue weighted by molar-refractivity contribution is 0.0924. The first-order valence-electron chi connectivity index (χ1n) is 5.74. The fourth-order valence-electron chi connectivity index (χ4n) is 1.69. The third kappa shape index (κ3) is 3.10. The molecule has 3 nitrogen and oxygen atoms in total. The summed E-state index contributed by atoms with van der Waals surface area (Å²) < 4.78 is 0.974. The van der Waals surface area contributed by atoms with Gasteiger partial charge in [-0.15, -0.1) is 11.3 Å². The summed E-state index contributed by atoms with van der Waals surface area (Å²) in [5, 5.41) is 2.97. The maximum absolute atomic E-state index is 12.2. The summed E-state index contributed by atoms with van der Waals surface area (Å²) >= 11 is 9.92. The van der Waals surface area contributed by atoms with E-state index in [1.54, 1.807) is 0 Å². The third-order valence-corrected chi connectivity index (χ3v) is 5.64. The first kappa shape index (κ1) is 15.6. The maximum atomic E-state index is 12.2. The minimum absolute atomic E-state index is 0.120. The first-order valence-corrected chi connectivity index (χ1v) is 7.76. The van der Waals surface area contributed by atoms with E-state index in [4.69, 9.17) is 18.0 Å². The van der Waals surface area contributed by atoms with Crippen LogP contribution >= 0.6 is 39.5 Å². The molecule has 100 valence electrons. The molecule has 0 bridgehead atoms. The van der Waals surface area contributed by atoms with E-state index in [9.17, 15) is 4.79 Å². The van der Waals surface area contributed by atoms with Crippen molar-refractivity contribution in [1.29, 1.82) is 0 Å². The Morgan fingerprint density at radius 3 is 2.44 bits per heavy atom. The number of hydrogen-bond acceptors (Lipinski definition) is 3. The zero-order chi connectivity index (χ0) is 13.9. The molecule has 1 aromatic heterocycles. The van der Waals surface area contributed by atoms with Crippen molar-refractivity contribution in [2.75, 3.05) is 0 Å². The largest absolute Gasteiger partial charge is 0.391 e. The summed E-state index contributed by atoms with van der Waals surface area (Å²) in [4.78, 5) is 13.2. The van der Waals surface area contributed by atoms with E-state index < -0.39 is 5.54 Å². The number of thiocarbonyl (C=S) groups is 1. The van der Waals surface area contributed by atoms with E-state index >= 15 is 0 Å². The van der Waals surface area contributed by atoms with Crippen LogP contribution in [0.3, 0.4) is 0 Å². The molecule has 0 spiro atoms. The van der Waals surface area contributed by atoms with Crippen molar-refractivity contribution in [3.63, 3.8) is 0 Å². The Bertz CT molecular complexity index is 447. The fourth-order valence-corrected chi connectivity index (χ4v) is 3.46. The van der Waals surface area contributed by atoms with Gasteiger partial charge in [0.15, 0.2) is 0 Å². The van der Waals surface area contributed by atoms with Crippen molar-refractivity contribution in [3.8, 4) is 0 Å². The summed E-state index contributed by atoms with van der Waals surface area (Å²) in [7, 11) is 0. The molecule has 6 heteroatoms. The van der Waals surface area contributed by atoms with Crippen LogP contribution < -0.4 is 11.1 Å². The van der Waals surface area contributed by atoms with Crippen molar-refractivity contribution < 1.29 is 4.79 Å². The zero-order valence-electron chi connectivity index (χ0n) is 10.7. The number of hydrogen-bond donors (Lipinski definition) is 2. The van der Waals surface area contributed by atoms with Gasteiger partial charge in [0.2, 0.25) is 0 Å². The molecular formula is C12H17BrN2OS2. The van der Waals surface area contributed by atoms with Crippen LogP contribution in [-0.4, -0.2) is 16.4 Å². The van der Waals surface area contributed by atoms with E-state index in [1.807, 2.05) is 26.8 Å². The van der Waals surface area contributed by atoms with Crippen LogP contribution in [0.2, 0.25) is 0 Å². The predicted octanol–water partition coefficient (Wildman–Crippen LogP) is 3.39. The Labute approximate surface area is 125 Å². The molecule has 1 amide bonds. The van der Waals surface area contributed by atoms with Crippen LogP contribution in [0.4, 0.5) is 0 Å². The number of thiophene rings is 1. The molecule has 0 aromatic carbocycles. The molecule has 0 unspecified atom stereocenters. The molecule has 1 rings (SSSR count). The minimum Gasteiger partial charge on any atom is -0.391 e. The van der Waals surface area contributed by atoms with Gasteiger partial charge in [0, 0.05) is 0 Å². The molecule has 0 aliphatic carbocycles. The van der Waals surface area contributed by atoms with Crippen molar-refractivity contribution in [3.05, 3.63) is 20.3 Å². The summed E-state index contributed by atoms with van der Waals surface area (Å²) in [6.07, 6.45) is 1.38. The Hall–Kier alpha value is -0.460. The van der Waals surface area contributed by atoms with Crippen LogP contribution in [0.1, 0.15) is 41.9 Å². The van der Waals surface area contributed by atoms with Gasteiger partial charge in [0.25, 0.3) is 5.91 Å². The number of halogens is 1. The summed E-state index contributed by atoms with van der Waals surface area (Å²) in [6, 6.07) is 1.86. The van der Waals surface area contributed by atoms with Crippen molar-refractivity contribution in [2.45, 2.75) is 39.2 Å². The molecule has 3 N–H and O–H groups in total. The smallest absolute Gasteiger partial charge is 0.262 e. The summed E-state index contributed by atoms with van der Waals surface area (Å²) in [5.41, 5.74) is 6.23. The van der Waals surface area contributed by atoms with Gasteiger partial charge in [0.1, 0.15) is 0 Å². The molecule has 0 saturated heterocycles. The Morgan fingerprint density at radius 2 is 2.11 bits per heavy atom. The third-order valence-electron chi connectivity index (χ3n) is 3.11. The van der Waals surface area contributed by atoms with Crippen LogP contribution in [-0.2, 0) is 0 Å². The number of amides is 1. The maximum Gasteiger partial charge on any atom is 0.262 e. The average molecular weight is 349 g/mol. The standard InChI is InChI=1S/C12H17BrN2OS2/c1-4-12(5-2,11(14)17)15-10(16)8-6-7(3)9(13)18-8/h6H,4-5H2,1-3H3,(H2,14,17)(H,15,16). The Balaban J connectivity index is 2.95. The topological polar surface area (TPSA) is 55.1 Å². The number of rotatable bonds is 5. The van der Waals surface area contributed by atoms with Gasteiger partial charge in [-0.2, -0.15) is 0 Å². The molecule has 0 aliphatic rings. The SMILES string of the molecule is CCC(CC)(NC(=O)c1cc(C)c(Br)s1)C(N)=S. The van der Waals surface area contributed by atoms with Crippen molar-refractivity contribution in [2.24, 2.45) is 5.73 Å². The number of nitrogens with one attached hydrogen (secondary N) is 1. The van der Waals surface area contributed by atoms with Gasteiger partial charge in [-0.25, -0.2) is 0 Å². The fraction of sp³-hybridized carbons (Fsp3) is 0.500. The molecule has 1 aromatic rings. The van der Waals surface area contributed by atoms with Gasteiger partial charge < -0.3 is 11.1 Å². The number of carbonyl (C=O) groups is 1. The van der Waals surface area contributed by atoms with Gasteiger partial charge in [-0.3, -0.25) is 4.79 Å². The van der Waals surface area contributed by atoms with Crippen LogP contribution in [0.25, 0.3) is 0 Å². The monoisotopic (exact) mass is 348 g/mol. The van der Waals surface area contributed by atoms with Gasteiger partial charge in [-0.05, 0) is 47.3 Å². The normalized spacial score (nSPS) is 11.3. The van der Waals surface area contributed by atoms with E-state index in [-0.39, 0.29) is 5.91 Å². The number of aryl methyl sites for hydroxylation is 1. The number of nitrogens with two attached hydrogens (primary N) is 1. The summed E-state index contributed by atoms with van der Waals surface area (Å²) in [5.74, 6) is -0.120. The Morgan fingerprint density at radius 1 is 1.56 bits per heavy atom. The molecule has 18 heavy (non-hydrogen) atoms. The lowest BCUT2D eigenvalue weighted by Gasteiger charge is -2.31. The molecule has 0 aliphatic heterocycles. The molecule has 0 fully saturated rings. The highest BCUT2D eigenvalue weighted by Gasteiger charge is 2.32. The van der Waals surface area contributed by atoms with Crippen molar-refractivity contribution >= 4 is 50.4 Å².